The molecule has 0 aromatic carbocycles. The number of esters is 3. The average Bonchev–Trinajstić information content (AvgIpc) is 3.31. The van der Waals surface area contributed by atoms with Crippen LogP contribution in [0.4, 0.5) is 0 Å². The molecule has 0 heterocycles. The monoisotopic (exact) mass is 923 g/mol. The molecular formula is C60H106O6. The van der Waals surface area contributed by atoms with Crippen LogP contribution in [0.5, 0.6) is 0 Å². The second-order valence-corrected chi connectivity index (χ2v) is 18.9. The van der Waals surface area contributed by atoms with Crippen molar-refractivity contribution in [2.75, 3.05) is 13.2 Å². The van der Waals surface area contributed by atoms with Crippen molar-refractivity contribution < 1.29 is 28.6 Å². The second-order valence-electron chi connectivity index (χ2n) is 18.9. The van der Waals surface area contributed by atoms with E-state index in [1.54, 1.807) is 0 Å². The number of carbonyl (C=O) groups is 3. The van der Waals surface area contributed by atoms with Crippen LogP contribution in [0.15, 0.2) is 60.8 Å². The summed E-state index contributed by atoms with van der Waals surface area (Å²) in [6, 6.07) is 0. The first kappa shape index (κ1) is 63.1. The quantitative estimate of drug-likeness (QED) is 0.0199. The van der Waals surface area contributed by atoms with Gasteiger partial charge in [-0.25, -0.2) is 0 Å². The Bertz CT molecular complexity index is 1200. The van der Waals surface area contributed by atoms with Crippen molar-refractivity contribution in [3.63, 3.8) is 0 Å². The van der Waals surface area contributed by atoms with Crippen LogP contribution >= 0.6 is 0 Å². The first-order valence-electron chi connectivity index (χ1n) is 28.3. The van der Waals surface area contributed by atoms with Gasteiger partial charge < -0.3 is 14.2 Å². The number of unbranched alkanes of at least 4 members (excludes halogenated alkanes) is 31. The second kappa shape index (κ2) is 54.7. The third kappa shape index (κ3) is 52.1. The number of rotatable bonds is 51. The molecule has 6 heteroatoms. The Hall–Kier alpha value is -2.89. The average molecular weight is 924 g/mol. The zero-order valence-electron chi connectivity index (χ0n) is 43.7. The molecule has 1 atom stereocenters. The molecule has 0 aromatic rings. The van der Waals surface area contributed by atoms with E-state index in [4.69, 9.17) is 14.2 Å². The molecule has 382 valence electrons. The Kier molecular flexibility index (Phi) is 52.3. The summed E-state index contributed by atoms with van der Waals surface area (Å²) in [5, 5.41) is 0. The van der Waals surface area contributed by atoms with Crippen molar-refractivity contribution in [3.8, 4) is 0 Å². The molecule has 0 aliphatic carbocycles. The molecule has 0 saturated heterocycles. The third-order valence-corrected chi connectivity index (χ3v) is 12.3. The molecule has 0 aliphatic rings. The van der Waals surface area contributed by atoms with Gasteiger partial charge in [-0.05, 0) is 77.0 Å². The van der Waals surface area contributed by atoms with Crippen LogP contribution < -0.4 is 0 Å². The smallest absolute Gasteiger partial charge is 0.306 e. The van der Waals surface area contributed by atoms with Gasteiger partial charge in [-0.15, -0.1) is 0 Å². The number of ether oxygens (including phenoxy) is 3. The van der Waals surface area contributed by atoms with Gasteiger partial charge >= 0.3 is 17.9 Å². The molecule has 0 rings (SSSR count). The van der Waals surface area contributed by atoms with Crippen LogP contribution in [-0.2, 0) is 28.6 Å². The lowest BCUT2D eigenvalue weighted by Gasteiger charge is -2.18. The summed E-state index contributed by atoms with van der Waals surface area (Å²) in [6.07, 6.45) is 67.8. The number of hydrogen-bond acceptors (Lipinski definition) is 6. The van der Waals surface area contributed by atoms with Gasteiger partial charge in [0.2, 0.25) is 0 Å². The van der Waals surface area contributed by atoms with Crippen molar-refractivity contribution >= 4 is 17.9 Å². The van der Waals surface area contributed by atoms with E-state index >= 15 is 0 Å². The van der Waals surface area contributed by atoms with Gasteiger partial charge in [0.1, 0.15) is 13.2 Å². The minimum absolute atomic E-state index is 0.0874. The molecule has 0 aromatic heterocycles. The van der Waals surface area contributed by atoms with Crippen molar-refractivity contribution in [3.05, 3.63) is 60.8 Å². The SMILES string of the molecule is CC/C=C\C/C=C\C/C=C\CCCCCCC(=O)OCC(COC(=O)CCCCCCC/C=C\C=C/CCCCCCCCC)OC(=O)CCCCCCCCCCCCCCCCCC. The van der Waals surface area contributed by atoms with E-state index in [-0.39, 0.29) is 31.1 Å². The van der Waals surface area contributed by atoms with Crippen molar-refractivity contribution in [1.82, 2.24) is 0 Å². The van der Waals surface area contributed by atoms with Crippen LogP contribution in [0, 0.1) is 0 Å². The molecule has 0 aliphatic heterocycles. The lowest BCUT2D eigenvalue weighted by molar-refractivity contribution is -0.167. The first-order chi connectivity index (χ1) is 32.5. The van der Waals surface area contributed by atoms with Crippen LogP contribution in [0.2, 0.25) is 0 Å². The van der Waals surface area contributed by atoms with Crippen LogP contribution in [0.3, 0.4) is 0 Å². The predicted octanol–water partition coefficient (Wildman–Crippen LogP) is 18.8. The molecule has 0 N–H and O–H groups in total. The molecular weight excluding hydrogens is 817 g/mol. The minimum atomic E-state index is -0.788. The Balaban J connectivity index is 4.41. The molecule has 0 fully saturated rings. The van der Waals surface area contributed by atoms with Crippen LogP contribution in [0.1, 0.15) is 284 Å². The summed E-state index contributed by atoms with van der Waals surface area (Å²) >= 11 is 0. The summed E-state index contributed by atoms with van der Waals surface area (Å²) in [6.45, 7) is 6.52. The van der Waals surface area contributed by atoms with Gasteiger partial charge in [-0.3, -0.25) is 14.4 Å². The molecule has 1 unspecified atom stereocenters. The minimum Gasteiger partial charge on any atom is -0.462 e. The summed E-state index contributed by atoms with van der Waals surface area (Å²) in [7, 11) is 0. The van der Waals surface area contributed by atoms with Gasteiger partial charge in [-0.2, -0.15) is 0 Å². The highest BCUT2D eigenvalue weighted by molar-refractivity contribution is 5.71. The van der Waals surface area contributed by atoms with E-state index in [0.29, 0.717) is 19.3 Å². The topological polar surface area (TPSA) is 78.9 Å². The fraction of sp³-hybridized carbons (Fsp3) is 0.783. The van der Waals surface area contributed by atoms with Crippen molar-refractivity contribution in [2.45, 2.75) is 290 Å². The van der Waals surface area contributed by atoms with Crippen LogP contribution in [0.25, 0.3) is 0 Å². The summed E-state index contributed by atoms with van der Waals surface area (Å²) in [5.41, 5.74) is 0. The molecule has 6 nitrogen and oxygen atoms in total. The summed E-state index contributed by atoms with van der Waals surface area (Å²) < 4.78 is 16.8. The van der Waals surface area contributed by atoms with E-state index in [2.05, 4.69) is 81.5 Å². The lowest BCUT2D eigenvalue weighted by atomic mass is 10.0. The van der Waals surface area contributed by atoms with Crippen LogP contribution in [-0.4, -0.2) is 37.2 Å². The van der Waals surface area contributed by atoms with Gasteiger partial charge in [0.15, 0.2) is 6.10 Å². The third-order valence-electron chi connectivity index (χ3n) is 12.3. The van der Waals surface area contributed by atoms with Gasteiger partial charge in [0.25, 0.3) is 0 Å². The number of hydrogen-bond donors (Lipinski definition) is 0. The molecule has 0 bridgehead atoms. The molecule has 66 heavy (non-hydrogen) atoms. The zero-order valence-corrected chi connectivity index (χ0v) is 43.7. The highest BCUT2D eigenvalue weighted by Gasteiger charge is 2.19. The summed E-state index contributed by atoms with van der Waals surface area (Å²) in [5.74, 6) is -0.912. The highest BCUT2D eigenvalue weighted by Crippen LogP contribution is 2.16. The normalized spacial score (nSPS) is 12.5. The molecule has 0 radical (unpaired) electrons. The number of allylic oxidation sites excluding steroid dienone is 10. The fourth-order valence-corrected chi connectivity index (χ4v) is 8.04. The molecule has 0 amide bonds. The lowest BCUT2D eigenvalue weighted by Crippen LogP contribution is -2.30. The van der Waals surface area contributed by atoms with Crippen molar-refractivity contribution in [1.29, 1.82) is 0 Å². The molecule has 0 saturated carbocycles. The largest absolute Gasteiger partial charge is 0.462 e. The highest BCUT2D eigenvalue weighted by atomic mass is 16.6. The first-order valence-corrected chi connectivity index (χ1v) is 28.3. The van der Waals surface area contributed by atoms with Gasteiger partial charge in [0, 0.05) is 19.3 Å². The molecule has 0 spiro atoms. The Labute approximate surface area is 409 Å². The maximum absolute atomic E-state index is 12.8. The zero-order chi connectivity index (χ0) is 47.9. The summed E-state index contributed by atoms with van der Waals surface area (Å²) in [4.78, 5) is 38.1. The number of carbonyl (C=O) groups excluding carboxylic acids is 3. The Morgan fingerprint density at radius 3 is 1.02 bits per heavy atom. The maximum Gasteiger partial charge on any atom is 0.306 e. The standard InChI is InChI=1S/C60H106O6/c1-4-7-10-13-16-19-22-25-28-30-31-33-35-38-41-44-47-50-53-59(62)65-56-57(55-64-58(61)52-49-46-43-40-37-34-27-24-21-18-15-12-9-6-3)66-60(63)54-51-48-45-42-39-36-32-29-26-23-20-17-14-11-8-5-2/h9,12,18,21,27-28,30-31,33-34,57H,4-8,10-11,13-17,19-20,22-26,29,32,35-56H2,1-3H3/b12-9-,21-18-,30-28-,33-31-,34-27-. The maximum atomic E-state index is 12.8. The Morgan fingerprint density at radius 2 is 0.636 bits per heavy atom. The van der Waals surface area contributed by atoms with Crippen molar-refractivity contribution in [2.24, 2.45) is 0 Å². The van der Waals surface area contributed by atoms with Gasteiger partial charge in [0.05, 0.1) is 0 Å². The van der Waals surface area contributed by atoms with E-state index in [1.807, 2.05) is 0 Å². The predicted molar refractivity (Wildman–Crippen MR) is 284 cm³/mol. The van der Waals surface area contributed by atoms with E-state index < -0.39 is 6.10 Å². The fourth-order valence-electron chi connectivity index (χ4n) is 8.04. The van der Waals surface area contributed by atoms with E-state index in [9.17, 15) is 14.4 Å². The van der Waals surface area contributed by atoms with E-state index in [1.165, 1.54) is 135 Å². The van der Waals surface area contributed by atoms with E-state index in [0.717, 1.165) is 109 Å². The Morgan fingerprint density at radius 1 is 0.333 bits per heavy atom. The van der Waals surface area contributed by atoms with Gasteiger partial charge in [-0.1, -0.05) is 248 Å².